The SMILES string of the molecule is CCCC1NC(C(C)CC)C(=O)N1CC(C)OCC. The van der Waals surface area contributed by atoms with Crippen LogP contribution in [0.25, 0.3) is 0 Å². The number of nitrogens with one attached hydrogen (secondary N) is 1. The summed E-state index contributed by atoms with van der Waals surface area (Å²) in [6, 6.07) is -0.0182. The molecule has 0 aromatic carbocycles. The molecule has 1 heterocycles. The fraction of sp³-hybridized carbons (Fsp3) is 0.933. The maximum absolute atomic E-state index is 12.5. The summed E-state index contributed by atoms with van der Waals surface area (Å²) in [4.78, 5) is 14.5. The third-order valence-corrected chi connectivity index (χ3v) is 3.98. The van der Waals surface area contributed by atoms with Gasteiger partial charge in [-0.15, -0.1) is 0 Å². The van der Waals surface area contributed by atoms with Gasteiger partial charge < -0.3 is 9.64 Å². The minimum Gasteiger partial charge on any atom is -0.377 e. The Morgan fingerprint density at radius 1 is 1.32 bits per heavy atom. The standard InChI is InChI=1S/C15H30N2O2/c1-6-9-13-16-14(11(4)7-2)15(18)17(13)10-12(5)19-8-3/h11-14,16H,6-10H2,1-5H3. The van der Waals surface area contributed by atoms with Gasteiger partial charge in [0.05, 0.1) is 18.3 Å². The van der Waals surface area contributed by atoms with Gasteiger partial charge in [-0.05, 0) is 26.2 Å². The van der Waals surface area contributed by atoms with Gasteiger partial charge in [0, 0.05) is 13.2 Å². The van der Waals surface area contributed by atoms with Crippen molar-refractivity contribution in [3.8, 4) is 0 Å². The molecule has 1 aliphatic rings. The van der Waals surface area contributed by atoms with Crippen molar-refractivity contribution in [2.24, 2.45) is 5.92 Å². The van der Waals surface area contributed by atoms with E-state index in [0.717, 1.165) is 19.3 Å². The molecule has 19 heavy (non-hydrogen) atoms. The molecule has 0 bridgehead atoms. The van der Waals surface area contributed by atoms with Gasteiger partial charge in [-0.2, -0.15) is 0 Å². The summed E-state index contributed by atoms with van der Waals surface area (Å²) >= 11 is 0. The van der Waals surface area contributed by atoms with E-state index >= 15 is 0 Å². The van der Waals surface area contributed by atoms with Crippen LogP contribution in [0.1, 0.15) is 53.9 Å². The lowest BCUT2D eigenvalue weighted by Crippen LogP contribution is -2.41. The predicted molar refractivity (Wildman–Crippen MR) is 77.9 cm³/mol. The lowest BCUT2D eigenvalue weighted by molar-refractivity contribution is -0.132. The molecule has 0 aliphatic carbocycles. The lowest BCUT2D eigenvalue weighted by Gasteiger charge is -2.26. The Bertz CT molecular complexity index is 283. The van der Waals surface area contributed by atoms with Crippen LogP contribution in [0.15, 0.2) is 0 Å². The van der Waals surface area contributed by atoms with Gasteiger partial charge in [0.25, 0.3) is 0 Å². The van der Waals surface area contributed by atoms with E-state index in [4.69, 9.17) is 4.74 Å². The first kappa shape index (κ1) is 16.4. The van der Waals surface area contributed by atoms with E-state index in [9.17, 15) is 4.79 Å². The molecule has 4 unspecified atom stereocenters. The highest BCUT2D eigenvalue weighted by molar-refractivity contribution is 5.84. The van der Waals surface area contributed by atoms with Gasteiger partial charge in [0.1, 0.15) is 0 Å². The number of nitrogens with zero attached hydrogens (tertiary/aromatic N) is 1. The van der Waals surface area contributed by atoms with Gasteiger partial charge in [0.2, 0.25) is 5.91 Å². The molecular formula is C15H30N2O2. The van der Waals surface area contributed by atoms with E-state index in [2.05, 4.69) is 26.1 Å². The van der Waals surface area contributed by atoms with E-state index in [-0.39, 0.29) is 24.2 Å². The van der Waals surface area contributed by atoms with Crippen LogP contribution in [-0.4, -0.2) is 42.3 Å². The first-order chi connectivity index (χ1) is 9.04. The molecule has 1 rings (SSSR count). The molecule has 1 aliphatic heterocycles. The first-order valence-electron chi connectivity index (χ1n) is 7.73. The summed E-state index contributed by atoms with van der Waals surface area (Å²) in [5.41, 5.74) is 0. The van der Waals surface area contributed by atoms with Crippen LogP contribution in [0, 0.1) is 5.92 Å². The molecule has 112 valence electrons. The van der Waals surface area contributed by atoms with Crippen molar-refractivity contribution in [3.05, 3.63) is 0 Å². The van der Waals surface area contributed by atoms with E-state index < -0.39 is 0 Å². The van der Waals surface area contributed by atoms with Crippen molar-refractivity contribution in [3.63, 3.8) is 0 Å². The second kappa shape index (κ2) is 7.85. The summed E-state index contributed by atoms with van der Waals surface area (Å²) in [7, 11) is 0. The van der Waals surface area contributed by atoms with Crippen molar-refractivity contribution >= 4 is 5.91 Å². The molecule has 1 saturated heterocycles. The van der Waals surface area contributed by atoms with Crippen LogP contribution in [0.3, 0.4) is 0 Å². The summed E-state index contributed by atoms with van der Waals surface area (Å²) < 4.78 is 5.58. The predicted octanol–water partition coefficient (Wildman–Crippen LogP) is 2.38. The van der Waals surface area contributed by atoms with Gasteiger partial charge in [0.15, 0.2) is 0 Å². The van der Waals surface area contributed by atoms with Crippen LogP contribution >= 0.6 is 0 Å². The van der Waals surface area contributed by atoms with Crippen molar-refractivity contribution in [2.45, 2.75) is 72.2 Å². The number of hydrogen-bond acceptors (Lipinski definition) is 3. The molecule has 0 saturated carbocycles. The van der Waals surface area contributed by atoms with Gasteiger partial charge in [-0.25, -0.2) is 0 Å². The molecule has 1 amide bonds. The van der Waals surface area contributed by atoms with Crippen molar-refractivity contribution in [2.75, 3.05) is 13.2 Å². The first-order valence-corrected chi connectivity index (χ1v) is 7.73. The maximum atomic E-state index is 12.5. The zero-order valence-electron chi connectivity index (χ0n) is 13.1. The molecule has 4 atom stereocenters. The van der Waals surface area contributed by atoms with Crippen molar-refractivity contribution in [1.29, 1.82) is 0 Å². The number of hydrogen-bond donors (Lipinski definition) is 1. The van der Waals surface area contributed by atoms with E-state index in [1.165, 1.54) is 0 Å². The van der Waals surface area contributed by atoms with Gasteiger partial charge in [-0.3, -0.25) is 10.1 Å². The molecule has 1 fully saturated rings. The zero-order chi connectivity index (χ0) is 14.4. The lowest BCUT2D eigenvalue weighted by atomic mass is 9.99. The molecule has 0 aromatic rings. The molecule has 0 spiro atoms. The molecule has 4 heteroatoms. The number of rotatable bonds is 8. The Morgan fingerprint density at radius 2 is 2.00 bits per heavy atom. The normalized spacial score (nSPS) is 26.8. The Hall–Kier alpha value is -0.610. The minimum absolute atomic E-state index is 0.0182. The Morgan fingerprint density at radius 3 is 2.53 bits per heavy atom. The largest absolute Gasteiger partial charge is 0.377 e. The molecule has 0 aromatic heterocycles. The van der Waals surface area contributed by atoms with Crippen LogP contribution in [0.5, 0.6) is 0 Å². The van der Waals surface area contributed by atoms with Gasteiger partial charge in [-0.1, -0.05) is 33.6 Å². The second-order valence-corrected chi connectivity index (χ2v) is 5.59. The summed E-state index contributed by atoms with van der Waals surface area (Å²) in [6.07, 6.45) is 3.40. The van der Waals surface area contributed by atoms with Crippen LogP contribution < -0.4 is 5.32 Å². The average Bonchev–Trinajstić information content (AvgIpc) is 2.67. The quantitative estimate of drug-likeness (QED) is 0.736. The summed E-state index contributed by atoms with van der Waals surface area (Å²) in [5, 5.41) is 3.51. The summed E-state index contributed by atoms with van der Waals surface area (Å²) in [6.45, 7) is 11.9. The highest BCUT2D eigenvalue weighted by Crippen LogP contribution is 2.22. The Balaban J connectivity index is 2.71. The average molecular weight is 270 g/mol. The van der Waals surface area contributed by atoms with Crippen LogP contribution in [-0.2, 0) is 9.53 Å². The highest BCUT2D eigenvalue weighted by Gasteiger charge is 2.40. The van der Waals surface area contributed by atoms with E-state index in [0.29, 0.717) is 19.1 Å². The minimum atomic E-state index is -0.0182. The topological polar surface area (TPSA) is 41.6 Å². The Kier molecular flexibility index (Phi) is 6.80. The smallest absolute Gasteiger partial charge is 0.241 e. The summed E-state index contributed by atoms with van der Waals surface area (Å²) in [5.74, 6) is 0.638. The fourth-order valence-corrected chi connectivity index (χ4v) is 2.69. The third-order valence-electron chi connectivity index (χ3n) is 3.98. The molecule has 1 N–H and O–H groups in total. The monoisotopic (exact) mass is 270 g/mol. The molecule has 0 radical (unpaired) electrons. The number of ether oxygens (including phenoxy) is 1. The maximum Gasteiger partial charge on any atom is 0.241 e. The number of carbonyl (C=O) groups excluding carboxylic acids is 1. The highest BCUT2D eigenvalue weighted by atomic mass is 16.5. The zero-order valence-corrected chi connectivity index (χ0v) is 13.1. The number of carbonyl (C=O) groups is 1. The molecular weight excluding hydrogens is 240 g/mol. The number of amides is 1. The van der Waals surface area contributed by atoms with Crippen molar-refractivity contribution < 1.29 is 9.53 Å². The Labute approximate surface area is 117 Å². The third kappa shape index (κ3) is 4.18. The van der Waals surface area contributed by atoms with E-state index in [1.54, 1.807) is 0 Å². The van der Waals surface area contributed by atoms with Crippen molar-refractivity contribution in [1.82, 2.24) is 10.2 Å². The van der Waals surface area contributed by atoms with Crippen LogP contribution in [0.2, 0.25) is 0 Å². The fourth-order valence-electron chi connectivity index (χ4n) is 2.69. The molecule has 4 nitrogen and oxygen atoms in total. The van der Waals surface area contributed by atoms with Gasteiger partial charge >= 0.3 is 0 Å². The van der Waals surface area contributed by atoms with E-state index in [1.807, 2.05) is 18.7 Å². The van der Waals surface area contributed by atoms with Crippen LogP contribution in [0.4, 0.5) is 0 Å². The second-order valence-electron chi connectivity index (χ2n) is 5.59.